The number of aromatic nitrogens is 2. The van der Waals surface area contributed by atoms with Crippen LogP contribution >= 0.6 is 0 Å². The second-order valence-corrected chi connectivity index (χ2v) is 6.32. The third-order valence-corrected chi connectivity index (χ3v) is 4.11. The van der Waals surface area contributed by atoms with E-state index < -0.39 is 11.9 Å². The molecule has 0 unspecified atom stereocenters. The number of nitrogens with zero attached hydrogens (tertiary/aromatic N) is 3. The molecule has 2 rings (SSSR count). The Morgan fingerprint density at radius 3 is 2.52 bits per heavy atom. The molecule has 8 nitrogen and oxygen atoms in total. The van der Waals surface area contributed by atoms with Gasteiger partial charge in [0.15, 0.2) is 17.5 Å². The summed E-state index contributed by atoms with van der Waals surface area (Å²) in [5.74, 6) is 1.86. The number of rotatable bonds is 10. The molecule has 3 N–H and O–H groups in total. The molecule has 0 saturated carbocycles. The van der Waals surface area contributed by atoms with Crippen LogP contribution in [0.1, 0.15) is 18.2 Å². The van der Waals surface area contributed by atoms with Gasteiger partial charge in [-0.1, -0.05) is 6.07 Å². The number of methoxy groups -OCH3 is 2. The molecule has 0 bridgehead atoms. The van der Waals surface area contributed by atoms with E-state index in [2.05, 4.69) is 30.9 Å². The highest BCUT2D eigenvalue weighted by molar-refractivity contribution is 5.79. The second-order valence-electron chi connectivity index (χ2n) is 6.32. The zero-order valence-corrected chi connectivity index (χ0v) is 17.7. The van der Waals surface area contributed by atoms with Crippen molar-refractivity contribution in [2.24, 2.45) is 4.99 Å². The minimum Gasteiger partial charge on any atom is -0.493 e. The zero-order chi connectivity index (χ0) is 22.7. The van der Waals surface area contributed by atoms with E-state index in [1.807, 2.05) is 25.1 Å². The first-order valence-electron chi connectivity index (χ1n) is 9.74. The Morgan fingerprint density at radius 1 is 1.06 bits per heavy atom. The van der Waals surface area contributed by atoms with Crippen molar-refractivity contribution in [3.63, 3.8) is 0 Å². The van der Waals surface area contributed by atoms with E-state index in [0.29, 0.717) is 50.1 Å². The maximum Gasteiger partial charge on any atom is 0.433 e. The maximum atomic E-state index is 12.7. The van der Waals surface area contributed by atoms with Gasteiger partial charge in [-0.2, -0.15) is 13.2 Å². The summed E-state index contributed by atoms with van der Waals surface area (Å²) < 4.78 is 48.6. The minimum absolute atomic E-state index is 0.0768. The summed E-state index contributed by atoms with van der Waals surface area (Å²) in [6, 6.07) is 6.55. The van der Waals surface area contributed by atoms with E-state index in [-0.39, 0.29) is 5.95 Å². The van der Waals surface area contributed by atoms with Crippen molar-refractivity contribution in [3.8, 4) is 11.5 Å². The quantitative estimate of drug-likeness (QED) is 0.297. The highest BCUT2D eigenvalue weighted by Gasteiger charge is 2.32. The number of hydrogen-bond acceptors (Lipinski definition) is 6. The normalized spacial score (nSPS) is 11.7. The maximum absolute atomic E-state index is 12.7. The number of alkyl halides is 3. The Hall–Kier alpha value is -3.24. The summed E-state index contributed by atoms with van der Waals surface area (Å²) >= 11 is 0. The van der Waals surface area contributed by atoms with E-state index in [9.17, 15) is 13.2 Å². The van der Waals surface area contributed by atoms with E-state index in [4.69, 9.17) is 9.47 Å². The van der Waals surface area contributed by atoms with Gasteiger partial charge in [-0.3, -0.25) is 4.99 Å². The molecule has 0 aliphatic rings. The van der Waals surface area contributed by atoms with Gasteiger partial charge in [-0.05, 0) is 37.1 Å². The van der Waals surface area contributed by atoms with Crippen molar-refractivity contribution < 1.29 is 22.6 Å². The number of guanidine groups is 1. The summed E-state index contributed by atoms with van der Waals surface area (Å²) in [5.41, 5.74) is 0.0728. The predicted molar refractivity (Wildman–Crippen MR) is 113 cm³/mol. The number of nitrogens with one attached hydrogen (secondary N) is 3. The molecule has 170 valence electrons. The summed E-state index contributed by atoms with van der Waals surface area (Å²) in [4.78, 5) is 11.8. The average Bonchev–Trinajstić information content (AvgIpc) is 2.76. The Kier molecular flexibility index (Phi) is 9.16. The lowest BCUT2D eigenvalue weighted by Gasteiger charge is -2.13. The molecule has 0 saturated heterocycles. The van der Waals surface area contributed by atoms with Crippen LogP contribution in [0.5, 0.6) is 11.5 Å². The topological polar surface area (TPSA) is 92.7 Å². The van der Waals surface area contributed by atoms with Crippen LogP contribution in [0.2, 0.25) is 0 Å². The van der Waals surface area contributed by atoms with Crippen LogP contribution in [0.15, 0.2) is 35.5 Å². The first-order valence-corrected chi connectivity index (χ1v) is 9.74. The number of hydrogen-bond donors (Lipinski definition) is 3. The lowest BCUT2D eigenvalue weighted by molar-refractivity contribution is -0.141. The third-order valence-electron chi connectivity index (χ3n) is 4.11. The SMILES string of the molecule is CCNC(=NCCc1ccc(OC)c(OC)c1)NCCNc1nccc(C(F)(F)F)n1. The fourth-order valence-corrected chi connectivity index (χ4v) is 2.63. The van der Waals surface area contributed by atoms with E-state index in [0.717, 1.165) is 17.8 Å². The Balaban J connectivity index is 1.84. The summed E-state index contributed by atoms with van der Waals surface area (Å²) in [6.07, 6.45) is -2.73. The van der Waals surface area contributed by atoms with Crippen LogP contribution in [0.4, 0.5) is 19.1 Å². The number of aliphatic imine (C=N–C) groups is 1. The van der Waals surface area contributed by atoms with Crippen molar-refractivity contribution in [3.05, 3.63) is 41.7 Å². The average molecular weight is 440 g/mol. The smallest absolute Gasteiger partial charge is 0.433 e. The van der Waals surface area contributed by atoms with E-state index >= 15 is 0 Å². The summed E-state index contributed by atoms with van der Waals surface area (Å²) in [7, 11) is 3.18. The lowest BCUT2D eigenvalue weighted by atomic mass is 10.1. The molecule has 31 heavy (non-hydrogen) atoms. The van der Waals surface area contributed by atoms with Crippen LogP contribution < -0.4 is 25.4 Å². The van der Waals surface area contributed by atoms with Gasteiger partial charge in [0, 0.05) is 32.4 Å². The molecule has 0 radical (unpaired) electrons. The fourth-order valence-electron chi connectivity index (χ4n) is 2.63. The van der Waals surface area contributed by atoms with E-state index in [1.54, 1.807) is 14.2 Å². The first kappa shape index (κ1) is 24.0. The monoisotopic (exact) mass is 440 g/mol. The van der Waals surface area contributed by atoms with Gasteiger partial charge < -0.3 is 25.4 Å². The predicted octanol–water partition coefficient (Wildman–Crippen LogP) is 2.72. The lowest BCUT2D eigenvalue weighted by Crippen LogP contribution is -2.39. The highest BCUT2D eigenvalue weighted by atomic mass is 19.4. The van der Waals surface area contributed by atoms with E-state index in [1.165, 1.54) is 0 Å². The fraction of sp³-hybridized carbons (Fsp3) is 0.450. The molecule has 0 fully saturated rings. The van der Waals surface area contributed by atoms with Crippen LogP contribution in [-0.2, 0) is 12.6 Å². The third kappa shape index (κ3) is 7.83. The first-order chi connectivity index (χ1) is 14.9. The Morgan fingerprint density at radius 2 is 1.84 bits per heavy atom. The molecular formula is C20H27F3N6O2. The van der Waals surface area contributed by atoms with Gasteiger partial charge in [-0.25, -0.2) is 9.97 Å². The van der Waals surface area contributed by atoms with Crippen molar-refractivity contribution in [1.29, 1.82) is 0 Å². The van der Waals surface area contributed by atoms with Gasteiger partial charge in [-0.15, -0.1) is 0 Å². The van der Waals surface area contributed by atoms with Crippen LogP contribution in [0.25, 0.3) is 0 Å². The van der Waals surface area contributed by atoms with Crippen LogP contribution in [-0.4, -0.2) is 56.3 Å². The van der Waals surface area contributed by atoms with Crippen molar-refractivity contribution in [2.75, 3.05) is 45.7 Å². The van der Waals surface area contributed by atoms with Gasteiger partial charge in [0.25, 0.3) is 0 Å². The molecule has 0 atom stereocenters. The van der Waals surface area contributed by atoms with Gasteiger partial charge in [0.05, 0.1) is 14.2 Å². The molecular weight excluding hydrogens is 413 g/mol. The van der Waals surface area contributed by atoms with Crippen LogP contribution in [0.3, 0.4) is 0 Å². The molecule has 0 spiro atoms. The van der Waals surface area contributed by atoms with Gasteiger partial charge in [0.1, 0.15) is 5.69 Å². The Labute approximate surface area is 179 Å². The molecule has 11 heteroatoms. The number of ether oxygens (including phenoxy) is 2. The minimum atomic E-state index is -4.50. The van der Waals surface area contributed by atoms with Gasteiger partial charge in [0.2, 0.25) is 5.95 Å². The zero-order valence-electron chi connectivity index (χ0n) is 17.7. The van der Waals surface area contributed by atoms with Gasteiger partial charge >= 0.3 is 6.18 Å². The highest BCUT2D eigenvalue weighted by Crippen LogP contribution is 2.28. The van der Waals surface area contributed by atoms with Crippen molar-refractivity contribution in [2.45, 2.75) is 19.5 Å². The largest absolute Gasteiger partial charge is 0.493 e. The molecule has 1 heterocycles. The molecule has 0 aliphatic heterocycles. The second kappa shape index (κ2) is 11.8. The Bertz CT molecular complexity index is 861. The van der Waals surface area contributed by atoms with Crippen LogP contribution in [0, 0.1) is 0 Å². The summed E-state index contributed by atoms with van der Waals surface area (Å²) in [5, 5.41) is 9.01. The number of anilines is 1. The molecule has 1 aromatic carbocycles. The number of halogens is 3. The molecule has 0 aliphatic carbocycles. The standard InChI is InChI=1S/C20H27F3N6O2/c1-4-24-18(25-9-7-14-5-6-15(30-2)16(13-14)31-3)27-11-12-28-19-26-10-8-17(29-19)20(21,22)23/h5-6,8,10,13H,4,7,9,11-12H2,1-3H3,(H2,24,25,27)(H,26,28,29). The molecule has 0 amide bonds. The molecule has 2 aromatic rings. The molecule has 1 aromatic heterocycles. The van der Waals surface area contributed by atoms with Crippen molar-refractivity contribution in [1.82, 2.24) is 20.6 Å². The summed E-state index contributed by atoms with van der Waals surface area (Å²) in [6.45, 7) is 3.89. The number of benzene rings is 1. The van der Waals surface area contributed by atoms with Crippen molar-refractivity contribution >= 4 is 11.9 Å².